The van der Waals surface area contributed by atoms with E-state index in [4.69, 9.17) is 14.2 Å². The first-order valence-corrected chi connectivity index (χ1v) is 10.4. The molecule has 7 nitrogen and oxygen atoms in total. The second-order valence-electron chi connectivity index (χ2n) is 7.35. The molecule has 0 unspecified atom stereocenters. The van der Waals surface area contributed by atoms with Gasteiger partial charge < -0.3 is 19.5 Å². The smallest absolute Gasteiger partial charge is 0.339 e. The van der Waals surface area contributed by atoms with Crippen LogP contribution >= 0.6 is 0 Å². The van der Waals surface area contributed by atoms with E-state index in [1.54, 1.807) is 36.4 Å². The van der Waals surface area contributed by atoms with Crippen LogP contribution in [0.5, 0.6) is 11.5 Å². The quantitative estimate of drug-likeness (QED) is 0.294. The van der Waals surface area contributed by atoms with Crippen LogP contribution in [0, 0.1) is 18.3 Å². The topological polar surface area (TPSA) is 97.7 Å². The average molecular weight is 456 g/mol. The summed E-state index contributed by atoms with van der Waals surface area (Å²) in [5, 5.41) is 12.1. The molecule has 172 valence electrons. The van der Waals surface area contributed by atoms with E-state index in [1.165, 1.54) is 31.9 Å². The van der Waals surface area contributed by atoms with Gasteiger partial charge in [0.05, 0.1) is 25.5 Å². The van der Waals surface area contributed by atoms with Crippen molar-refractivity contribution in [2.75, 3.05) is 19.5 Å². The number of methoxy groups -OCH3 is 2. The predicted molar refractivity (Wildman–Crippen MR) is 129 cm³/mol. The second-order valence-corrected chi connectivity index (χ2v) is 7.35. The Labute approximate surface area is 198 Å². The normalized spacial score (nSPS) is 10.7. The number of aryl methyl sites for hydroxylation is 1. The lowest BCUT2D eigenvalue weighted by molar-refractivity contribution is -0.112. The summed E-state index contributed by atoms with van der Waals surface area (Å²) in [6, 6.07) is 21.4. The van der Waals surface area contributed by atoms with E-state index < -0.39 is 11.9 Å². The highest BCUT2D eigenvalue weighted by molar-refractivity contribution is 6.12. The number of carbonyl (C=O) groups is 2. The number of anilines is 1. The molecule has 3 aromatic carbocycles. The molecule has 0 aliphatic rings. The van der Waals surface area contributed by atoms with E-state index in [2.05, 4.69) is 5.32 Å². The molecule has 0 aliphatic carbocycles. The van der Waals surface area contributed by atoms with Crippen molar-refractivity contribution in [3.8, 4) is 17.6 Å². The molecular formula is C27H24N2O5. The molecule has 7 heteroatoms. The number of benzene rings is 3. The van der Waals surface area contributed by atoms with Gasteiger partial charge in [0.1, 0.15) is 18.2 Å². The molecule has 0 aliphatic heterocycles. The maximum atomic E-state index is 12.7. The Kier molecular flexibility index (Phi) is 8.03. The van der Waals surface area contributed by atoms with Crippen molar-refractivity contribution >= 4 is 23.6 Å². The fourth-order valence-electron chi connectivity index (χ4n) is 3.12. The van der Waals surface area contributed by atoms with Crippen LogP contribution in [0.25, 0.3) is 6.08 Å². The summed E-state index contributed by atoms with van der Waals surface area (Å²) < 4.78 is 16.0. The summed E-state index contributed by atoms with van der Waals surface area (Å²) in [7, 11) is 2.77. The van der Waals surface area contributed by atoms with E-state index >= 15 is 0 Å². The molecule has 3 rings (SSSR count). The van der Waals surface area contributed by atoms with Crippen molar-refractivity contribution in [1.29, 1.82) is 5.26 Å². The zero-order valence-electron chi connectivity index (χ0n) is 19.1. The summed E-state index contributed by atoms with van der Waals surface area (Å²) >= 11 is 0. The summed E-state index contributed by atoms with van der Waals surface area (Å²) in [6.45, 7) is 2.39. The standard InChI is InChI=1S/C27H24N2O5/c1-18-8-10-19(11-9-18)17-34-24-13-12-20(15-25(24)32-2)14-21(16-28)26(30)29-23-7-5-4-6-22(23)27(31)33-3/h4-15H,17H2,1-3H3,(H,29,30). The average Bonchev–Trinajstić information content (AvgIpc) is 2.87. The van der Waals surface area contributed by atoms with Crippen molar-refractivity contribution in [2.24, 2.45) is 0 Å². The SMILES string of the molecule is COC(=O)c1ccccc1NC(=O)C(C#N)=Cc1ccc(OCc2ccc(C)cc2)c(OC)c1. The summed E-state index contributed by atoms with van der Waals surface area (Å²) in [5.41, 5.74) is 3.06. The molecule has 0 radical (unpaired) electrons. The Morgan fingerprint density at radius 2 is 1.74 bits per heavy atom. The van der Waals surface area contributed by atoms with Gasteiger partial charge in [-0.2, -0.15) is 5.26 Å². The van der Waals surface area contributed by atoms with Crippen LogP contribution in [0.1, 0.15) is 27.0 Å². The van der Waals surface area contributed by atoms with Gasteiger partial charge in [-0.05, 0) is 48.4 Å². The van der Waals surface area contributed by atoms with Gasteiger partial charge in [0.2, 0.25) is 0 Å². The summed E-state index contributed by atoms with van der Waals surface area (Å²) in [6.07, 6.45) is 1.43. The molecule has 0 heterocycles. The number of ether oxygens (including phenoxy) is 3. The number of hydrogen-bond acceptors (Lipinski definition) is 6. The Morgan fingerprint density at radius 1 is 1.00 bits per heavy atom. The van der Waals surface area contributed by atoms with Crippen molar-refractivity contribution in [3.05, 3.63) is 94.6 Å². The monoisotopic (exact) mass is 456 g/mol. The molecule has 1 amide bonds. The first-order valence-electron chi connectivity index (χ1n) is 10.4. The highest BCUT2D eigenvalue weighted by Crippen LogP contribution is 2.30. The first kappa shape index (κ1) is 24.1. The molecule has 0 saturated heterocycles. The van der Waals surface area contributed by atoms with Crippen LogP contribution in [0.3, 0.4) is 0 Å². The van der Waals surface area contributed by atoms with Crippen LogP contribution in [-0.4, -0.2) is 26.1 Å². The zero-order chi connectivity index (χ0) is 24.5. The third-order valence-electron chi connectivity index (χ3n) is 4.96. The van der Waals surface area contributed by atoms with Gasteiger partial charge in [0.15, 0.2) is 11.5 Å². The van der Waals surface area contributed by atoms with Crippen LogP contribution < -0.4 is 14.8 Å². The Morgan fingerprint density at radius 3 is 2.41 bits per heavy atom. The van der Waals surface area contributed by atoms with E-state index in [-0.39, 0.29) is 16.8 Å². The summed E-state index contributed by atoms with van der Waals surface area (Å²) in [4.78, 5) is 24.6. The molecule has 0 atom stereocenters. The van der Waals surface area contributed by atoms with Gasteiger partial charge in [0, 0.05) is 0 Å². The molecular weight excluding hydrogens is 432 g/mol. The van der Waals surface area contributed by atoms with Gasteiger partial charge in [0.25, 0.3) is 5.91 Å². The first-order chi connectivity index (χ1) is 16.4. The van der Waals surface area contributed by atoms with Crippen molar-refractivity contribution < 1.29 is 23.8 Å². The highest BCUT2D eigenvalue weighted by Gasteiger charge is 2.16. The molecule has 0 fully saturated rings. The van der Waals surface area contributed by atoms with Crippen LogP contribution in [0.4, 0.5) is 5.69 Å². The lowest BCUT2D eigenvalue weighted by Gasteiger charge is -2.12. The number of amides is 1. The molecule has 0 aromatic heterocycles. The fourth-order valence-corrected chi connectivity index (χ4v) is 3.12. The third kappa shape index (κ3) is 6.02. The van der Waals surface area contributed by atoms with Gasteiger partial charge in [-0.25, -0.2) is 4.79 Å². The van der Waals surface area contributed by atoms with Crippen molar-refractivity contribution in [1.82, 2.24) is 0 Å². The molecule has 0 saturated carbocycles. The second kappa shape index (κ2) is 11.3. The van der Waals surface area contributed by atoms with Gasteiger partial charge in [-0.1, -0.05) is 48.0 Å². The summed E-state index contributed by atoms with van der Waals surface area (Å²) in [5.74, 6) is -0.244. The zero-order valence-corrected chi connectivity index (χ0v) is 19.1. The van der Waals surface area contributed by atoms with Crippen LogP contribution in [0.15, 0.2) is 72.3 Å². The number of nitrogens with zero attached hydrogens (tertiary/aromatic N) is 1. The lowest BCUT2D eigenvalue weighted by Crippen LogP contribution is -2.16. The van der Waals surface area contributed by atoms with E-state index in [9.17, 15) is 14.9 Å². The van der Waals surface area contributed by atoms with E-state index in [0.29, 0.717) is 23.7 Å². The van der Waals surface area contributed by atoms with Crippen molar-refractivity contribution in [3.63, 3.8) is 0 Å². The highest BCUT2D eigenvalue weighted by atomic mass is 16.5. The number of carbonyl (C=O) groups excluding carboxylic acids is 2. The van der Waals surface area contributed by atoms with Gasteiger partial charge >= 0.3 is 5.97 Å². The fraction of sp³-hybridized carbons (Fsp3) is 0.148. The van der Waals surface area contributed by atoms with Gasteiger partial charge in [-0.3, -0.25) is 4.79 Å². The number of esters is 1. The van der Waals surface area contributed by atoms with Gasteiger partial charge in [-0.15, -0.1) is 0 Å². The van der Waals surface area contributed by atoms with Crippen molar-refractivity contribution in [2.45, 2.75) is 13.5 Å². The molecule has 0 spiro atoms. The number of hydrogen-bond donors (Lipinski definition) is 1. The number of nitrogens with one attached hydrogen (secondary N) is 1. The minimum atomic E-state index is -0.655. The van der Waals surface area contributed by atoms with E-state index in [1.807, 2.05) is 37.3 Å². The molecule has 1 N–H and O–H groups in total. The Balaban J connectivity index is 1.78. The minimum absolute atomic E-state index is 0.143. The largest absolute Gasteiger partial charge is 0.493 e. The maximum absolute atomic E-state index is 12.7. The Bertz CT molecular complexity index is 1260. The predicted octanol–water partition coefficient (Wildman–Crippen LogP) is 4.91. The number of nitriles is 1. The molecule has 3 aromatic rings. The van der Waals surface area contributed by atoms with Crippen LogP contribution in [-0.2, 0) is 16.1 Å². The number of rotatable bonds is 8. The maximum Gasteiger partial charge on any atom is 0.339 e. The molecule has 0 bridgehead atoms. The minimum Gasteiger partial charge on any atom is -0.493 e. The van der Waals surface area contributed by atoms with Crippen LogP contribution in [0.2, 0.25) is 0 Å². The molecule has 34 heavy (non-hydrogen) atoms. The lowest BCUT2D eigenvalue weighted by atomic mass is 10.1. The number of para-hydroxylation sites is 1. The Hall–Kier alpha value is -4.57. The third-order valence-corrected chi connectivity index (χ3v) is 4.96. The van der Waals surface area contributed by atoms with E-state index in [0.717, 1.165) is 5.56 Å².